The van der Waals surface area contributed by atoms with Crippen LogP contribution in [0.15, 0.2) is 11.8 Å². The number of carbonyl (C=O) groups is 1. The molecule has 0 aliphatic heterocycles. The van der Waals surface area contributed by atoms with Crippen molar-refractivity contribution in [3.63, 3.8) is 0 Å². The van der Waals surface area contributed by atoms with Gasteiger partial charge < -0.3 is 11.5 Å². The standard InChI is InChI=1S/C9H18N2O/c1-2-3-4-5-6-7-8(10)9(11)12/h7H,2-6,10H2,1H3,(H2,11,12)/b8-7-. The van der Waals surface area contributed by atoms with Crippen molar-refractivity contribution in [1.82, 2.24) is 0 Å². The maximum absolute atomic E-state index is 10.4. The minimum Gasteiger partial charge on any atom is -0.395 e. The molecule has 0 saturated carbocycles. The van der Waals surface area contributed by atoms with Gasteiger partial charge >= 0.3 is 0 Å². The molecule has 0 heterocycles. The topological polar surface area (TPSA) is 69.1 Å². The van der Waals surface area contributed by atoms with Crippen LogP contribution in [0.1, 0.15) is 39.0 Å². The Balaban J connectivity index is 3.40. The molecule has 1 amide bonds. The van der Waals surface area contributed by atoms with E-state index in [4.69, 9.17) is 11.5 Å². The molecule has 0 aromatic carbocycles. The maximum atomic E-state index is 10.4. The largest absolute Gasteiger partial charge is 0.395 e. The number of primary amides is 1. The van der Waals surface area contributed by atoms with E-state index in [1.54, 1.807) is 6.08 Å². The molecule has 0 aromatic heterocycles. The van der Waals surface area contributed by atoms with E-state index in [9.17, 15) is 4.79 Å². The summed E-state index contributed by atoms with van der Waals surface area (Å²) in [5.41, 5.74) is 10.4. The summed E-state index contributed by atoms with van der Waals surface area (Å²) >= 11 is 0. The lowest BCUT2D eigenvalue weighted by Gasteiger charge is -1.96. The maximum Gasteiger partial charge on any atom is 0.264 e. The van der Waals surface area contributed by atoms with Gasteiger partial charge in [-0.1, -0.05) is 32.3 Å². The van der Waals surface area contributed by atoms with Crippen molar-refractivity contribution in [3.05, 3.63) is 11.8 Å². The minimum atomic E-state index is -0.523. The first-order valence-corrected chi connectivity index (χ1v) is 4.44. The van der Waals surface area contributed by atoms with Gasteiger partial charge in [0.05, 0.1) is 5.70 Å². The van der Waals surface area contributed by atoms with Crippen LogP contribution in [0.3, 0.4) is 0 Å². The summed E-state index contributed by atoms with van der Waals surface area (Å²) in [7, 11) is 0. The number of nitrogens with two attached hydrogens (primary N) is 2. The summed E-state index contributed by atoms with van der Waals surface area (Å²) in [6.45, 7) is 2.16. The van der Waals surface area contributed by atoms with Gasteiger partial charge in [-0.3, -0.25) is 4.79 Å². The summed E-state index contributed by atoms with van der Waals surface area (Å²) in [6.07, 6.45) is 7.30. The molecule has 0 aromatic rings. The van der Waals surface area contributed by atoms with E-state index >= 15 is 0 Å². The smallest absolute Gasteiger partial charge is 0.264 e. The number of carbonyl (C=O) groups excluding carboxylic acids is 1. The van der Waals surface area contributed by atoms with Crippen LogP contribution >= 0.6 is 0 Å². The molecule has 0 rings (SSSR count). The predicted molar refractivity (Wildman–Crippen MR) is 50.2 cm³/mol. The molecule has 4 N–H and O–H groups in total. The van der Waals surface area contributed by atoms with Crippen LogP contribution < -0.4 is 11.5 Å². The van der Waals surface area contributed by atoms with E-state index in [0.29, 0.717) is 0 Å². The van der Waals surface area contributed by atoms with Crippen LogP contribution in [0.25, 0.3) is 0 Å². The van der Waals surface area contributed by atoms with E-state index in [-0.39, 0.29) is 5.70 Å². The SMILES string of the molecule is CCCCCC/C=C(\N)C(N)=O. The van der Waals surface area contributed by atoms with Crippen molar-refractivity contribution in [2.45, 2.75) is 39.0 Å². The number of amides is 1. The van der Waals surface area contributed by atoms with Crippen molar-refractivity contribution >= 4 is 5.91 Å². The third-order valence-electron chi connectivity index (χ3n) is 1.71. The Morgan fingerprint density at radius 3 is 2.42 bits per heavy atom. The number of unbranched alkanes of at least 4 members (excludes halogenated alkanes) is 4. The van der Waals surface area contributed by atoms with Crippen LogP contribution in [0, 0.1) is 0 Å². The van der Waals surface area contributed by atoms with E-state index in [2.05, 4.69) is 6.92 Å². The van der Waals surface area contributed by atoms with Crippen molar-refractivity contribution in [1.29, 1.82) is 0 Å². The monoisotopic (exact) mass is 170 g/mol. The van der Waals surface area contributed by atoms with Crippen LogP contribution in [0.2, 0.25) is 0 Å². The summed E-state index contributed by atoms with van der Waals surface area (Å²) < 4.78 is 0. The molecule has 0 bridgehead atoms. The van der Waals surface area contributed by atoms with Crippen LogP contribution in [-0.4, -0.2) is 5.91 Å². The zero-order valence-electron chi connectivity index (χ0n) is 7.68. The van der Waals surface area contributed by atoms with Gasteiger partial charge in [0.25, 0.3) is 5.91 Å². The second-order valence-electron chi connectivity index (χ2n) is 2.87. The van der Waals surface area contributed by atoms with Gasteiger partial charge in [0, 0.05) is 0 Å². The second-order valence-corrected chi connectivity index (χ2v) is 2.87. The average molecular weight is 170 g/mol. The van der Waals surface area contributed by atoms with Gasteiger partial charge in [-0.05, 0) is 12.8 Å². The van der Waals surface area contributed by atoms with E-state index < -0.39 is 5.91 Å². The Morgan fingerprint density at radius 2 is 1.92 bits per heavy atom. The fourth-order valence-corrected chi connectivity index (χ4v) is 0.929. The molecule has 12 heavy (non-hydrogen) atoms. The highest BCUT2D eigenvalue weighted by Gasteiger charge is 1.95. The summed E-state index contributed by atoms with van der Waals surface area (Å²) in [5, 5.41) is 0. The summed E-state index contributed by atoms with van der Waals surface area (Å²) in [5.74, 6) is -0.523. The minimum absolute atomic E-state index is 0.187. The molecule has 70 valence electrons. The fourth-order valence-electron chi connectivity index (χ4n) is 0.929. The Morgan fingerprint density at radius 1 is 1.25 bits per heavy atom. The number of allylic oxidation sites excluding steroid dienone is 1. The van der Waals surface area contributed by atoms with Gasteiger partial charge in [-0.25, -0.2) is 0 Å². The molecular formula is C9H18N2O. The van der Waals surface area contributed by atoms with Crippen molar-refractivity contribution in [3.8, 4) is 0 Å². The molecule has 0 fully saturated rings. The van der Waals surface area contributed by atoms with Crippen LogP contribution in [0.4, 0.5) is 0 Å². The zero-order chi connectivity index (χ0) is 9.40. The molecule has 0 saturated heterocycles. The average Bonchev–Trinajstić information content (AvgIpc) is 2.03. The predicted octanol–water partition coefficient (Wildman–Crippen LogP) is 1.28. The van der Waals surface area contributed by atoms with E-state index in [0.717, 1.165) is 12.8 Å². The van der Waals surface area contributed by atoms with Crippen molar-refractivity contribution < 1.29 is 4.79 Å². The van der Waals surface area contributed by atoms with Gasteiger partial charge in [0.2, 0.25) is 0 Å². The highest BCUT2D eigenvalue weighted by molar-refractivity contribution is 5.90. The molecule has 0 unspecified atom stereocenters. The first kappa shape index (κ1) is 11.0. The molecule has 3 heteroatoms. The molecule has 0 radical (unpaired) electrons. The molecule has 0 spiro atoms. The quantitative estimate of drug-likeness (QED) is 0.465. The molecule has 0 atom stereocenters. The van der Waals surface area contributed by atoms with Gasteiger partial charge in [-0.15, -0.1) is 0 Å². The Kier molecular flexibility index (Phi) is 6.15. The normalized spacial score (nSPS) is 11.6. The Labute approximate surface area is 73.8 Å². The van der Waals surface area contributed by atoms with Gasteiger partial charge in [0.1, 0.15) is 0 Å². The lowest BCUT2D eigenvalue weighted by atomic mass is 10.1. The van der Waals surface area contributed by atoms with Crippen molar-refractivity contribution in [2.24, 2.45) is 11.5 Å². The molecule has 0 aliphatic carbocycles. The zero-order valence-corrected chi connectivity index (χ0v) is 7.68. The molecular weight excluding hydrogens is 152 g/mol. The second kappa shape index (κ2) is 6.70. The van der Waals surface area contributed by atoms with Crippen LogP contribution in [-0.2, 0) is 4.79 Å². The number of hydrogen-bond acceptors (Lipinski definition) is 2. The third-order valence-corrected chi connectivity index (χ3v) is 1.71. The van der Waals surface area contributed by atoms with E-state index in [1.165, 1.54) is 19.3 Å². The third kappa shape index (κ3) is 5.77. The number of hydrogen-bond donors (Lipinski definition) is 2. The first-order chi connectivity index (χ1) is 5.68. The lowest BCUT2D eigenvalue weighted by Crippen LogP contribution is -2.19. The Bertz CT molecular complexity index is 164. The highest BCUT2D eigenvalue weighted by Crippen LogP contribution is 2.03. The van der Waals surface area contributed by atoms with E-state index in [1.807, 2.05) is 0 Å². The van der Waals surface area contributed by atoms with Gasteiger partial charge in [0.15, 0.2) is 0 Å². The summed E-state index contributed by atoms with van der Waals surface area (Å²) in [6, 6.07) is 0. The molecule has 3 nitrogen and oxygen atoms in total. The molecule has 0 aliphatic rings. The van der Waals surface area contributed by atoms with Crippen LogP contribution in [0.5, 0.6) is 0 Å². The van der Waals surface area contributed by atoms with Gasteiger partial charge in [-0.2, -0.15) is 0 Å². The lowest BCUT2D eigenvalue weighted by molar-refractivity contribution is -0.114. The summed E-state index contributed by atoms with van der Waals surface area (Å²) in [4.78, 5) is 10.4. The fraction of sp³-hybridized carbons (Fsp3) is 0.667. The first-order valence-electron chi connectivity index (χ1n) is 4.44. The Hall–Kier alpha value is -0.990. The number of rotatable bonds is 6. The highest BCUT2D eigenvalue weighted by atomic mass is 16.1. The van der Waals surface area contributed by atoms with Crippen molar-refractivity contribution in [2.75, 3.05) is 0 Å².